The third-order valence-electron chi connectivity index (χ3n) is 10.0. The Balaban J connectivity index is 1.39. The number of hydrogen-bond donors (Lipinski definition) is 7. The van der Waals surface area contributed by atoms with Gasteiger partial charge in [0.25, 0.3) is 11.8 Å². The van der Waals surface area contributed by atoms with Crippen LogP contribution in [0.15, 0.2) is 0 Å². The van der Waals surface area contributed by atoms with Crippen LogP contribution in [-0.4, -0.2) is 170 Å². The lowest BCUT2D eigenvalue weighted by molar-refractivity contribution is -0.184. The number of ether oxygens (including phenoxy) is 1. The highest BCUT2D eigenvalue weighted by Gasteiger charge is 2.66. The molecule has 2 spiro atoms. The monoisotopic (exact) mass is 709 g/mol. The average Bonchev–Trinajstić information content (AvgIpc) is 3.65. The van der Waals surface area contributed by atoms with Gasteiger partial charge in [0, 0.05) is 20.0 Å². The molecule has 4 aliphatic heterocycles. The molecule has 4 aliphatic rings. The predicted octanol–water partition coefficient (Wildman–Crippen LogP) is -6.17. The summed E-state index contributed by atoms with van der Waals surface area (Å²) in [6.45, 7) is 4.85. The van der Waals surface area contributed by atoms with Crippen molar-refractivity contribution in [3.63, 3.8) is 0 Å². The first-order valence-corrected chi connectivity index (χ1v) is 16.4. The zero-order valence-corrected chi connectivity index (χ0v) is 28.5. The lowest BCUT2D eigenvalue weighted by atomic mass is 9.82. The number of rotatable bonds is 14. The van der Waals surface area contributed by atoms with Crippen LogP contribution in [-0.2, 0) is 43.1 Å². The van der Waals surface area contributed by atoms with E-state index in [1.807, 2.05) is 0 Å². The molecule has 0 bridgehead atoms. The van der Waals surface area contributed by atoms with Crippen LogP contribution in [0.4, 0.5) is 0 Å². The number of nitrogens with zero attached hydrogens (tertiary/aromatic N) is 4. The minimum Gasteiger partial charge on any atom is -0.391 e. The Kier molecular flexibility index (Phi) is 11.1. The molecule has 0 saturated carbocycles. The Labute approximate surface area is 287 Å². The molecular formula is C30H47N9O11. The third-order valence-corrected chi connectivity index (χ3v) is 10.0. The summed E-state index contributed by atoms with van der Waals surface area (Å²) in [7, 11) is 0. The van der Waals surface area contributed by atoms with Crippen LogP contribution in [0.1, 0.15) is 47.0 Å². The number of nitrogens with one attached hydrogen (secondary N) is 2. The maximum atomic E-state index is 13.7. The summed E-state index contributed by atoms with van der Waals surface area (Å²) >= 11 is 0. The highest BCUT2D eigenvalue weighted by Crippen LogP contribution is 2.42. The van der Waals surface area contributed by atoms with Crippen molar-refractivity contribution in [1.82, 2.24) is 30.2 Å². The van der Waals surface area contributed by atoms with Crippen molar-refractivity contribution in [3.8, 4) is 0 Å². The predicted molar refractivity (Wildman–Crippen MR) is 169 cm³/mol. The van der Waals surface area contributed by atoms with Crippen LogP contribution in [0.2, 0.25) is 0 Å². The number of aliphatic hydroxyl groups is 2. The molecule has 8 amide bonds. The summed E-state index contributed by atoms with van der Waals surface area (Å²) in [6.07, 6.45) is -3.32. The number of amides is 8. The van der Waals surface area contributed by atoms with Crippen LogP contribution in [0.25, 0.3) is 0 Å². The van der Waals surface area contributed by atoms with Crippen molar-refractivity contribution in [2.24, 2.45) is 17.2 Å². The standard InChI is InChI=1S/C30H47N9O11/c1-14(40)22(24(32)45)34-19(43)10-36-12-29(27(36)48)7-5-8-39(29)26(47)21(31)16(3)50-18-6-9-38(17(4)42)30(18)13-37(28(30)49)11-20(44)35-23(15(2)41)25(33)46/h14-16,18,21-23,40-41H,5-13,31H2,1-4H3,(H2,32,45)(H2,33,46)(H,34,43)(H,35,44). The van der Waals surface area contributed by atoms with Gasteiger partial charge in [0.2, 0.25) is 35.4 Å². The number of β-lactam (4-membered cyclic amide) rings is 2. The van der Waals surface area contributed by atoms with E-state index in [9.17, 15) is 48.6 Å². The van der Waals surface area contributed by atoms with Crippen LogP contribution in [0.5, 0.6) is 0 Å². The van der Waals surface area contributed by atoms with Gasteiger partial charge in [-0.25, -0.2) is 0 Å². The van der Waals surface area contributed by atoms with E-state index in [1.54, 1.807) is 6.92 Å². The normalized spacial score (nSPS) is 28.0. The van der Waals surface area contributed by atoms with Gasteiger partial charge >= 0.3 is 0 Å². The minimum atomic E-state index is -1.46. The Bertz CT molecular complexity index is 1440. The summed E-state index contributed by atoms with van der Waals surface area (Å²) in [6, 6.07) is -3.98. The molecule has 278 valence electrons. The summed E-state index contributed by atoms with van der Waals surface area (Å²) in [4.78, 5) is 107. The summed E-state index contributed by atoms with van der Waals surface area (Å²) in [5.74, 6) is -5.39. The topological polar surface area (TPSA) is 301 Å². The average molecular weight is 710 g/mol. The molecule has 4 fully saturated rings. The quantitative estimate of drug-likeness (QED) is 0.0829. The molecule has 9 atom stereocenters. The molecule has 20 nitrogen and oxygen atoms in total. The molecule has 50 heavy (non-hydrogen) atoms. The Morgan fingerprint density at radius 2 is 1.38 bits per heavy atom. The number of carbonyl (C=O) groups excluding carboxylic acids is 8. The van der Waals surface area contributed by atoms with Crippen molar-refractivity contribution in [2.75, 3.05) is 39.3 Å². The number of hydrogen-bond acceptors (Lipinski definition) is 12. The summed E-state index contributed by atoms with van der Waals surface area (Å²) in [5.41, 5.74) is 14.2. The van der Waals surface area contributed by atoms with E-state index in [4.69, 9.17) is 21.9 Å². The minimum absolute atomic E-state index is 0.0392. The van der Waals surface area contributed by atoms with Gasteiger partial charge in [-0.1, -0.05) is 0 Å². The van der Waals surface area contributed by atoms with Crippen molar-refractivity contribution >= 4 is 47.3 Å². The van der Waals surface area contributed by atoms with Gasteiger partial charge in [0.15, 0.2) is 5.54 Å². The van der Waals surface area contributed by atoms with Crippen molar-refractivity contribution in [3.05, 3.63) is 0 Å². The van der Waals surface area contributed by atoms with Gasteiger partial charge in [0.05, 0.1) is 50.6 Å². The summed E-state index contributed by atoms with van der Waals surface area (Å²) in [5, 5.41) is 24.0. The van der Waals surface area contributed by atoms with Crippen LogP contribution < -0.4 is 27.8 Å². The zero-order valence-electron chi connectivity index (χ0n) is 28.5. The molecule has 0 aromatic rings. The van der Waals surface area contributed by atoms with E-state index < -0.39 is 114 Å². The molecule has 10 N–H and O–H groups in total. The van der Waals surface area contributed by atoms with Gasteiger partial charge in [0.1, 0.15) is 23.7 Å². The van der Waals surface area contributed by atoms with E-state index in [0.29, 0.717) is 12.8 Å². The first kappa shape index (κ1) is 38.4. The number of carbonyl (C=O) groups is 8. The van der Waals surface area contributed by atoms with E-state index in [-0.39, 0.29) is 32.6 Å². The lowest BCUT2D eigenvalue weighted by Gasteiger charge is -2.53. The Morgan fingerprint density at radius 3 is 1.82 bits per heavy atom. The Morgan fingerprint density at radius 1 is 0.860 bits per heavy atom. The molecule has 4 heterocycles. The van der Waals surface area contributed by atoms with E-state index in [2.05, 4.69) is 10.6 Å². The van der Waals surface area contributed by atoms with Crippen LogP contribution in [0.3, 0.4) is 0 Å². The second-order valence-corrected chi connectivity index (χ2v) is 13.6. The fraction of sp³-hybridized carbons (Fsp3) is 0.733. The number of likely N-dealkylation sites (tertiary alicyclic amines) is 4. The maximum Gasteiger partial charge on any atom is 0.253 e. The third kappa shape index (κ3) is 6.83. The molecule has 4 saturated heterocycles. The van der Waals surface area contributed by atoms with Gasteiger partial charge in [-0.05, 0) is 40.0 Å². The second kappa shape index (κ2) is 14.4. The van der Waals surface area contributed by atoms with Crippen molar-refractivity contribution < 1.29 is 53.3 Å². The van der Waals surface area contributed by atoms with E-state index >= 15 is 0 Å². The van der Waals surface area contributed by atoms with Crippen molar-refractivity contribution in [2.45, 2.75) is 101 Å². The fourth-order valence-corrected chi connectivity index (χ4v) is 7.40. The molecule has 0 aromatic heterocycles. The van der Waals surface area contributed by atoms with Crippen LogP contribution >= 0.6 is 0 Å². The first-order valence-electron chi connectivity index (χ1n) is 16.4. The molecule has 9 unspecified atom stereocenters. The van der Waals surface area contributed by atoms with Gasteiger partial charge < -0.3 is 62.4 Å². The second-order valence-electron chi connectivity index (χ2n) is 13.6. The smallest absolute Gasteiger partial charge is 0.253 e. The highest BCUT2D eigenvalue weighted by atomic mass is 16.5. The summed E-state index contributed by atoms with van der Waals surface area (Å²) < 4.78 is 6.22. The fourth-order valence-electron chi connectivity index (χ4n) is 7.40. The molecular weight excluding hydrogens is 662 g/mol. The van der Waals surface area contributed by atoms with E-state index in [1.165, 1.54) is 40.4 Å². The van der Waals surface area contributed by atoms with E-state index in [0.717, 1.165) is 0 Å². The highest BCUT2D eigenvalue weighted by molar-refractivity contribution is 6.01. The van der Waals surface area contributed by atoms with Gasteiger partial charge in [-0.2, -0.15) is 0 Å². The van der Waals surface area contributed by atoms with Crippen molar-refractivity contribution in [1.29, 1.82) is 0 Å². The first-order chi connectivity index (χ1) is 23.3. The lowest BCUT2D eigenvalue weighted by Crippen LogP contribution is -2.78. The number of nitrogens with two attached hydrogens (primary N) is 3. The number of aliphatic hydroxyl groups excluding tert-OH is 2. The maximum absolute atomic E-state index is 13.7. The molecule has 20 heteroatoms. The zero-order chi connectivity index (χ0) is 37.5. The molecule has 0 aromatic carbocycles. The van der Waals surface area contributed by atoms with Gasteiger partial charge in [-0.15, -0.1) is 0 Å². The number of primary amides is 2. The van der Waals surface area contributed by atoms with Crippen LogP contribution in [0, 0.1) is 0 Å². The molecule has 0 aliphatic carbocycles. The Hall–Kier alpha value is -4.40. The largest absolute Gasteiger partial charge is 0.391 e. The molecule has 0 radical (unpaired) electrons. The van der Waals surface area contributed by atoms with Gasteiger partial charge in [-0.3, -0.25) is 38.4 Å². The molecule has 4 rings (SSSR count). The SMILES string of the molecule is CC(=O)N1CCC(OC(C)C(N)C(=O)N2CCCC23CN(CC(=O)NC(C(N)=O)C(C)O)C3=O)C12CN(CC(=O)NC(C(N)=O)C(C)O)C2=O.